The van der Waals surface area contributed by atoms with Crippen LogP contribution in [0.2, 0.25) is 0 Å². The second kappa shape index (κ2) is 5.13. The van der Waals surface area contributed by atoms with E-state index in [1.54, 1.807) is 0 Å². The van der Waals surface area contributed by atoms with Gasteiger partial charge in [0.1, 0.15) is 0 Å². The van der Waals surface area contributed by atoms with E-state index in [0.29, 0.717) is 17.8 Å². The second-order valence-electron chi connectivity index (χ2n) is 7.41. The van der Waals surface area contributed by atoms with Gasteiger partial charge in [-0.2, -0.15) is 0 Å². The van der Waals surface area contributed by atoms with Gasteiger partial charge in [-0.15, -0.1) is 0 Å². The van der Waals surface area contributed by atoms with Gasteiger partial charge in [-0.1, -0.05) is 13.8 Å². The first-order valence-electron chi connectivity index (χ1n) is 8.05. The van der Waals surface area contributed by atoms with Crippen molar-refractivity contribution in [2.45, 2.75) is 64.5 Å². The van der Waals surface area contributed by atoms with Crippen LogP contribution in [0, 0.1) is 23.7 Å². The Balaban J connectivity index is 1.58. The van der Waals surface area contributed by atoms with Crippen LogP contribution in [0.4, 0.5) is 0 Å². The molecule has 3 aliphatic rings. The molecule has 3 fully saturated rings. The van der Waals surface area contributed by atoms with Crippen LogP contribution in [0.3, 0.4) is 0 Å². The lowest BCUT2D eigenvalue weighted by Crippen LogP contribution is -2.44. The molecule has 0 heterocycles. The quantitative estimate of drug-likeness (QED) is 0.812. The average molecular weight is 251 g/mol. The van der Waals surface area contributed by atoms with E-state index in [1.165, 1.54) is 38.6 Å². The summed E-state index contributed by atoms with van der Waals surface area (Å²) in [5.74, 6) is 2.93. The molecule has 0 bridgehead atoms. The third kappa shape index (κ3) is 3.08. The fourth-order valence-electron chi connectivity index (χ4n) is 3.89. The number of hydrogen-bond acceptors (Lipinski definition) is 2. The van der Waals surface area contributed by atoms with Crippen LogP contribution in [-0.2, 0) is 0 Å². The molecule has 0 saturated heterocycles. The summed E-state index contributed by atoms with van der Waals surface area (Å²) in [5.41, 5.74) is 0. The van der Waals surface area contributed by atoms with E-state index >= 15 is 0 Å². The van der Waals surface area contributed by atoms with Crippen molar-refractivity contribution in [3.63, 3.8) is 0 Å². The minimum Gasteiger partial charge on any atom is -0.393 e. The average Bonchev–Trinajstić information content (AvgIpc) is 3.12. The van der Waals surface area contributed by atoms with Gasteiger partial charge in [0.2, 0.25) is 0 Å². The molecule has 4 unspecified atom stereocenters. The lowest BCUT2D eigenvalue weighted by Gasteiger charge is -2.40. The summed E-state index contributed by atoms with van der Waals surface area (Å²) >= 11 is 0. The molecular formula is C16H29NO. The number of rotatable bonds is 5. The summed E-state index contributed by atoms with van der Waals surface area (Å²) < 4.78 is 0. The van der Waals surface area contributed by atoms with Crippen molar-refractivity contribution in [1.82, 2.24) is 4.90 Å². The largest absolute Gasteiger partial charge is 0.393 e. The Labute approximate surface area is 112 Å². The van der Waals surface area contributed by atoms with E-state index in [2.05, 4.69) is 18.7 Å². The van der Waals surface area contributed by atoms with Crippen molar-refractivity contribution in [3.8, 4) is 0 Å². The van der Waals surface area contributed by atoms with E-state index in [0.717, 1.165) is 24.9 Å². The lowest BCUT2D eigenvalue weighted by molar-refractivity contribution is -0.00405. The molecule has 0 aromatic rings. The van der Waals surface area contributed by atoms with Gasteiger partial charge in [-0.25, -0.2) is 0 Å². The summed E-state index contributed by atoms with van der Waals surface area (Å²) in [6.45, 7) is 7.12. The van der Waals surface area contributed by atoms with Crippen LogP contribution < -0.4 is 0 Å². The predicted octanol–water partition coefficient (Wildman–Crippen LogP) is 2.90. The lowest BCUT2D eigenvalue weighted by atomic mass is 9.73. The van der Waals surface area contributed by atoms with Crippen molar-refractivity contribution in [1.29, 1.82) is 0 Å². The highest BCUT2D eigenvalue weighted by molar-refractivity contribution is 4.92. The highest BCUT2D eigenvalue weighted by Crippen LogP contribution is 2.39. The van der Waals surface area contributed by atoms with Gasteiger partial charge < -0.3 is 5.11 Å². The van der Waals surface area contributed by atoms with Crippen LogP contribution in [0.15, 0.2) is 0 Å². The van der Waals surface area contributed by atoms with Gasteiger partial charge in [0, 0.05) is 25.0 Å². The van der Waals surface area contributed by atoms with E-state index in [-0.39, 0.29) is 6.10 Å². The van der Waals surface area contributed by atoms with Gasteiger partial charge in [0.05, 0.1) is 6.10 Å². The Morgan fingerprint density at radius 2 is 1.72 bits per heavy atom. The van der Waals surface area contributed by atoms with Crippen LogP contribution in [-0.4, -0.2) is 35.2 Å². The van der Waals surface area contributed by atoms with Crippen molar-refractivity contribution in [2.75, 3.05) is 13.1 Å². The summed E-state index contributed by atoms with van der Waals surface area (Å²) in [6, 6.07) is 0.865. The van der Waals surface area contributed by atoms with Crippen molar-refractivity contribution in [3.05, 3.63) is 0 Å². The molecule has 104 valence electrons. The third-order valence-electron chi connectivity index (χ3n) is 5.34. The molecule has 0 aliphatic heterocycles. The maximum atomic E-state index is 10.4. The summed E-state index contributed by atoms with van der Waals surface area (Å²) in [6.07, 6.45) is 7.98. The summed E-state index contributed by atoms with van der Waals surface area (Å²) in [7, 11) is 0. The molecule has 0 aromatic carbocycles. The first kappa shape index (κ1) is 12.9. The maximum Gasteiger partial charge on any atom is 0.0585 e. The smallest absolute Gasteiger partial charge is 0.0585 e. The molecule has 3 rings (SSSR count). The van der Waals surface area contributed by atoms with Crippen molar-refractivity contribution >= 4 is 0 Å². The monoisotopic (exact) mass is 251 g/mol. The molecule has 0 spiro atoms. The number of aliphatic hydroxyl groups is 1. The fourth-order valence-corrected chi connectivity index (χ4v) is 3.89. The van der Waals surface area contributed by atoms with E-state index < -0.39 is 0 Å². The Morgan fingerprint density at radius 1 is 1.00 bits per heavy atom. The van der Waals surface area contributed by atoms with Crippen molar-refractivity contribution < 1.29 is 5.11 Å². The van der Waals surface area contributed by atoms with Crippen molar-refractivity contribution in [2.24, 2.45) is 23.7 Å². The maximum absolute atomic E-state index is 10.4. The van der Waals surface area contributed by atoms with Crippen LogP contribution >= 0.6 is 0 Å². The molecule has 3 saturated carbocycles. The number of aliphatic hydroxyl groups excluding tert-OH is 1. The highest BCUT2D eigenvalue weighted by atomic mass is 16.3. The SMILES string of the molecule is CC1CC(C)C(CN(CC2CC2)C2CC2)C(O)C1. The fraction of sp³-hybridized carbons (Fsp3) is 1.00. The van der Waals surface area contributed by atoms with E-state index in [4.69, 9.17) is 0 Å². The minimum absolute atomic E-state index is 0.0517. The molecule has 1 N–H and O–H groups in total. The Kier molecular flexibility index (Phi) is 3.68. The molecule has 2 nitrogen and oxygen atoms in total. The Morgan fingerprint density at radius 3 is 2.28 bits per heavy atom. The zero-order valence-electron chi connectivity index (χ0n) is 12.0. The van der Waals surface area contributed by atoms with Crippen LogP contribution in [0.5, 0.6) is 0 Å². The Hall–Kier alpha value is -0.0800. The molecule has 2 heteroatoms. The highest BCUT2D eigenvalue weighted by Gasteiger charge is 2.39. The molecule has 4 atom stereocenters. The minimum atomic E-state index is -0.0517. The summed E-state index contributed by atoms with van der Waals surface area (Å²) in [4.78, 5) is 2.72. The van der Waals surface area contributed by atoms with Gasteiger partial charge in [-0.3, -0.25) is 4.90 Å². The van der Waals surface area contributed by atoms with Gasteiger partial charge in [0.25, 0.3) is 0 Å². The zero-order valence-corrected chi connectivity index (χ0v) is 12.0. The molecule has 18 heavy (non-hydrogen) atoms. The van der Waals surface area contributed by atoms with Gasteiger partial charge in [-0.05, 0) is 56.3 Å². The first-order valence-corrected chi connectivity index (χ1v) is 8.05. The van der Waals surface area contributed by atoms with E-state index in [1.807, 2.05) is 0 Å². The second-order valence-corrected chi connectivity index (χ2v) is 7.41. The zero-order chi connectivity index (χ0) is 12.7. The molecule has 0 amide bonds. The topological polar surface area (TPSA) is 23.5 Å². The predicted molar refractivity (Wildman–Crippen MR) is 74.4 cm³/mol. The summed E-state index contributed by atoms with van der Waals surface area (Å²) in [5, 5.41) is 10.4. The molecule has 0 aromatic heterocycles. The van der Waals surface area contributed by atoms with Crippen LogP contribution in [0.25, 0.3) is 0 Å². The normalized spacial score (nSPS) is 41.3. The van der Waals surface area contributed by atoms with Gasteiger partial charge >= 0.3 is 0 Å². The molecule has 3 aliphatic carbocycles. The first-order chi connectivity index (χ1) is 8.63. The standard InChI is InChI=1S/C16H29NO/c1-11-7-12(2)15(16(18)8-11)10-17(14-5-6-14)9-13-3-4-13/h11-16,18H,3-10H2,1-2H3. The van der Waals surface area contributed by atoms with Crippen LogP contribution in [0.1, 0.15) is 52.4 Å². The molecular weight excluding hydrogens is 222 g/mol. The molecule has 0 radical (unpaired) electrons. The number of hydrogen-bond donors (Lipinski definition) is 1. The third-order valence-corrected chi connectivity index (χ3v) is 5.34. The number of nitrogens with zero attached hydrogens (tertiary/aromatic N) is 1. The van der Waals surface area contributed by atoms with E-state index in [9.17, 15) is 5.11 Å². The Bertz CT molecular complexity index is 273. The van der Waals surface area contributed by atoms with Gasteiger partial charge in [0.15, 0.2) is 0 Å².